The second-order valence-electron chi connectivity index (χ2n) is 6.41. The molecule has 0 saturated carbocycles. The smallest absolute Gasteiger partial charge is 0.193 e. The number of likely N-dealkylation sites (tertiary alicyclic amines) is 1. The molecule has 3 heteroatoms. The molecular formula is C21H27N3. The van der Waals surface area contributed by atoms with E-state index in [1.807, 2.05) is 7.05 Å². The lowest BCUT2D eigenvalue weighted by atomic mass is 9.99. The Hall–Kier alpha value is -2.29. The van der Waals surface area contributed by atoms with Gasteiger partial charge in [0.05, 0.1) is 0 Å². The first-order chi connectivity index (χ1) is 11.9. The Morgan fingerprint density at radius 2 is 1.79 bits per heavy atom. The van der Waals surface area contributed by atoms with Crippen LogP contribution in [0.4, 0.5) is 0 Å². The highest BCUT2D eigenvalue weighted by Gasteiger charge is 2.25. The third-order valence-corrected chi connectivity index (χ3v) is 4.74. The molecule has 1 unspecified atom stereocenters. The Morgan fingerprint density at radius 3 is 2.50 bits per heavy atom. The number of hydrogen-bond donors (Lipinski definition) is 1. The van der Waals surface area contributed by atoms with Crippen molar-refractivity contribution >= 4 is 5.96 Å². The molecule has 0 amide bonds. The lowest BCUT2D eigenvalue weighted by Gasteiger charge is -2.21. The summed E-state index contributed by atoms with van der Waals surface area (Å²) >= 11 is 0. The maximum absolute atomic E-state index is 4.47. The zero-order valence-electron chi connectivity index (χ0n) is 14.5. The average molecular weight is 321 g/mol. The third kappa shape index (κ3) is 4.38. The monoisotopic (exact) mass is 321 g/mol. The highest BCUT2D eigenvalue weighted by molar-refractivity contribution is 5.80. The first kappa shape index (κ1) is 16.6. The van der Waals surface area contributed by atoms with Gasteiger partial charge < -0.3 is 10.2 Å². The summed E-state index contributed by atoms with van der Waals surface area (Å²) in [6, 6.07) is 21.5. The van der Waals surface area contributed by atoms with Gasteiger partial charge in [0.1, 0.15) is 0 Å². The topological polar surface area (TPSA) is 27.6 Å². The van der Waals surface area contributed by atoms with Crippen LogP contribution < -0.4 is 5.32 Å². The highest BCUT2D eigenvalue weighted by atomic mass is 15.3. The average Bonchev–Trinajstić information content (AvgIpc) is 3.13. The molecule has 126 valence electrons. The minimum absolute atomic E-state index is 0.620. The fraction of sp³-hybridized carbons (Fsp3) is 0.381. The summed E-state index contributed by atoms with van der Waals surface area (Å²) in [6.45, 7) is 3.11. The van der Waals surface area contributed by atoms with E-state index in [1.54, 1.807) is 0 Å². The number of guanidine groups is 1. The van der Waals surface area contributed by atoms with E-state index in [1.165, 1.54) is 17.5 Å². The number of hydrogen-bond acceptors (Lipinski definition) is 1. The number of nitrogens with zero attached hydrogens (tertiary/aromatic N) is 2. The molecule has 0 aromatic heterocycles. The minimum Gasteiger partial charge on any atom is -0.356 e. The summed E-state index contributed by atoms with van der Waals surface area (Å²) in [5, 5.41) is 3.53. The van der Waals surface area contributed by atoms with E-state index in [4.69, 9.17) is 0 Å². The van der Waals surface area contributed by atoms with Crippen LogP contribution in [0, 0.1) is 0 Å². The molecule has 3 nitrogen and oxygen atoms in total. The largest absolute Gasteiger partial charge is 0.356 e. The molecule has 0 bridgehead atoms. The van der Waals surface area contributed by atoms with Crippen molar-refractivity contribution in [3.63, 3.8) is 0 Å². The Labute approximate surface area is 145 Å². The van der Waals surface area contributed by atoms with Gasteiger partial charge in [-0.1, -0.05) is 60.7 Å². The fourth-order valence-corrected chi connectivity index (χ4v) is 3.42. The van der Waals surface area contributed by atoms with Gasteiger partial charge in [-0.15, -0.1) is 0 Å². The molecule has 0 radical (unpaired) electrons. The molecule has 1 atom stereocenters. The zero-order valence-corrected chi connectivity index (χ0v) is 14.5. The van der Waals surface area contributed by atoms with Crippen molar-refractivity contribution in [2.45, 2.75) is 25.2 Å². The number of nitrogens with one attached hydrogen (secondary N) is 1. The molecule has 1 saturated heterocycles. The van der Waals surface area contributed by atoms with Gasteiger partial charge in [0.2, 0.25) is 0 Å². The summed E-state index contributed by atoms with van der Waals surface area (Å²) in [4.78, 5) is 6.86. The van der Waals surface area contributed by atoms with Crippen LogP contribution in [0.3, 0.4) is 0 Å². The molecule has 1 aliphatic rings. The molecule has 1 aliphatic heterocycles. The van der Waals surface area contributed by atoms with Crippen LogP contribution in [0.25, 0.3) is 0 Å². The van der Waals surface area contributed by atoms with Gasteiger partial charge in [-0.2, -0.15) is 0 Å². The quantitative estimate of drug-likeness (QED) is 0.517. The molecule has 3 rings (SSSR count). The summed E-state index contributed by atoms with van der Waals surface area (Å²) in [5.74, 6) is 1.66. The summed E-state index contributed by atoms with van der Waals surface area (Å²) in [7, 11) is 1.88. The van der Waals surface area contributed by atoms with Crippen molar-refractivity contribution in [3.05, 3.63) is 71.8 Å². The van der Waals surface area contributed by atoms with Crippen LogP contribution in [0.2, 0.25) is 0 Å². The third-order valence-electron chi connectivity index (χ3n) is 4.74. The van der Waals surface area contributed by atoms with E-state index in [2.05, 4.69) is 75.9 Å². The minimum atomic E-state index is 0.620. The zero-order chi connectivity index (χ0) is 16.6. The van der Waals surface area contributed by atoms with E-state index in [0.717, 1.165) is 38.4 Å². The molecule has 24 heavy (non-hydrogen) atoms. The Bertz CT molecular complexity index is 637. The van der Waals surface area contributed by atoms with Gasteiger partial charge in [0.15, 0.2) is 5.96 Å². The number of aryl methyl sites for hydroxylation is 1. The summed E-state index contributed by atoms with van der Waals surface area (Å²) < 4.78 is 0. The van der Waals surface area contributed by atoms with Crippen LogP contribution in [0.15, 0.2) is 65.7 Å². The van der Waals surface area contributed by atoms with Crippen molar-refractivity contribution < 1.29 is 0 Å². The SMILES string of the molecule is CN=C(NCCCc1ccccc1)N1CCC(c2ccccc2)C1. The molecule has 0 spiro atoms. The van der Waals surface area contributed by atoms with Gasteiger partial charge in [-0.05, 0) is 30.4 Å². The van der Waals surface area contributed by atoms with Gasteiger partial charge in [0, 0.05) is 32.6 Å². The second-order valence-corrected chi connectivity index (χ2v) is 6.41. The van der Waals surface area contributed by atoms with E-state index in [9.17, 15) is 0 Å². The predicted octanol–water partition coefficient (Wildman–Crippen LogP) is 3.68. The van der Waals surface area contributed by atoms with Gasteiger partial charge >= 0.3 is 0 Å². The Morgan fingerprint density at radius 1 is 1.08 bits per heavy atom. The molecule has 1 N–H and O–H groups in total. The van der Waals surface area contributed by atoms with Crippen LogP contribution in [0.1, 0.15) is 29.9 Å². The van der Waals surface area contributed by atoms with Crippen molar-refractivity contribution in [2.75, 3.05) is 26.7 Å². The first-order valence-electron chi connectivity index (χ1n) is 8.91. The molecule has 2 aromatic carbocycles. The maximum Gasteiger partial charge on any atom is 0.193 e. The number of aliphatic imine (C=N–C) groups is 1. The van der Waals surface area contributed by atoms with Crippen molar-refractivity contribution in [1.29, 1.82) is 0 Å². The lowest BCUT2D eigenvalue weighted by Crippen LogP contribution is -2.40. The van der Waals surface area contributed by atoms with Gasteiger partial charge in [-0.3, -0.25) is 4.99 Å². The molecule has 1 fully saturated rings. The van der Waals surface area contributed by atoms with Gasteiger partial charge in [-0.25, -0.2) is 0 Å². The lowest BCUT2D eigenvalue weighted by molar-refractivity contribution is 0.485. The standard InChI is InChI=1S/C21H27N3/c1-22-21(23-15-8-11-18-9-4-2-5-10-18)24-16-14-20(17-24)19-12-6-3-7-13-19/h2-7,9-10,12-13,20H,8,11,14-17H2,1H3,(H,22,23). The molecular weight excluding hydrogens is 294 g/mol. The Kier molecular flexibility index (Phi) is 5.89. The van der Waals surface area contributed by atoms with E-state index in [-0.39, 0.29) is 0 Å². The van der Waals surface area contributed by atoms with E-state index < -0.39 is 0 Å². The van der Waals surface area contributed by atoms with Crippen molar-refractivity contribution in [1.82, 2.24) is 10.2 Å². The van der Waals surface area contributed by atoms with Crippen LogP contribution in [-0.2, 0) is 6.42 Å². The van der Waals surface area contributed by atoms with E-state index in [0.29, 0.717) is 5.92 Å². The summed E-state index contributed by atoms with van der Waals surface area (Å²) in [6.07, 6.45) is 3.44. The summed E-state index contributed by atoms with van der Waals surface area (Å²) in [5.41, 5.74) is 2.85. The van der Waals surface area contributed by atoms with Crippen molar-refractivity contribution in [2.24, 2.45) is 4.99 Å². The second kappa shape index (κ2) is 8.53. The normalized spacial score (nSPS) is 18.0. The molecule has 1 heterocycles. The Balaban J connectivity index is 1.45. The highest BCUT2D eigenvalue weighted by Crippen LogP contribution is 2.26. The van der Waals surface area contributed by atoms with Gasteiger partial charge in [0.25, 0.3) is 0 Å². The molecule has 2 aromatic rings. The van der Waals surface area contributed by atoms with E-state index >= 15 is 0 Å². The predicted molar refractivity (Wildman–Crippen MR) is 101 cm³/mol. The molecule has 0 aliphatic carbocycles. The number of rotatable bonds is 5. The number of benzene rings is 2. The van der Waals surface area contributed by atoms with Crippen LogP contribution in [-0.4, -0.2) is 37.5 Å². The first-order valence-corrected chi connectivity index (χ1v) is 8.91. The van der Waals surface area contributed by atoms with Crippen molar-refractivity contribution in [3.8, 4) is 0 Å². The fourth-order valence-electron chi connectivity index (χ4n) is 3.42. The van der Waals surface area contributed by atoms with Crippen LogP contribution >= 0.6 is 0 Å². The van der Waals surface area contributed by atoms with Crippen LogP contribution in [0.5, 0.6) is 0 Å². The maximum atomic E-state index is 4.47.